The van der Waals surface area contributed by atoms with Gasteiger partial charge in [-0.1, -0.05) is 38.1 Å². The van der Waals surface area contributed by atoms with Gasteiger partial charge in [-0.15, -0.1) is 0 Å². The van der Waals surface area contributed by atoms with Gasteiger partial charge in [0.15, 0.2) is 0 Å². The minimum Gasteiger partial charge on any atom is -0.497 e. The molecule has 0 heterocycles. The van der Waals surface area contributed by atoms with E-state index in [1.165, 1.54) is 43.4 Å². The number of benzene rings is 3. The molecule has 0 aliphatic carbocycles. The van der Waals surface area contributed by atoms with Gasteiger partial charge in [-0.25, -0.2) is 8.42 Å². The first-order valence-corrected chi connectivity index (χ1v) is 15.0. The van der Waals surface area contributed by atoms with Crippen LogP contribution in [0.15, 0.2) is 77.7 Å². The van der Waals surface area contributed by atoms with Crippen molar-refractivity contribution in [3.05, 3.63) is 78.4 Å². The van der Waals surface area contributed by atoms with E-state index in [1.807, 2.05) is 13.8 Å². The molecule has 10 nitrogen and oxygen atoms in total. The molecule has 0 aliphatic rings. The zero-order chi connectivity index (χ0) is 30.9. The summed E-state index contributed by atoms with van der Waals surface area (Å²) in [6.45, 7) is 5.50. The second kappa shape index (κ2) is 14.6. The van der Waals surface area contributed by atoms with Gasteiger partial charge in [0.1, 0.15) is 29.8 Å². The molecule has 0 saturated carbocycles. The molecule has 1 N–H and O–H groups in total. The first-order chi connectivity index (χ1) is 20.0. The molecular weight excluding hydrogens is 558 g/mol. The predicted molar refractivity (Wildman–Crippen MR) is 161 cm³/mol. The van der Waals surface area contributed by atoms with Crippen molar-refractivity contribution >= 4 is 27.5 Å². The third-order valence-corrected chi connectivity index (χ3v) is 8.42. The van der Waals surface area contributed by atoms with Crippen LogP contribution in [0.1, 0.15) is 26.3 Å². The van der Waals surface area contributed by atoms with E-state index in [9.17, 15) is 18.0 Å². The van der Waals surface area contributed by atoms with E-state index in [0.717, 1.165) is 9.87 Å². The quantitative estimate of drug-likeness (QED) is 0.298. The summed E-state index contributed by atoms with van der Waals surface area (Å²) in [4.78, 5) is 28.5. The molecule has 226 valence electrons. The molecule has 0 spiro atoms. The van der Waals surface area contributed by atoms with Gasteiger partial charge in [0.05, 0.1) is 31.9 Å². The van der Waals surface area contributed by atoms with Gasteiger partial charge in [0.2, 0.25) is 11.8 Å². The first kappa shape index (κ1) is 32.3. The lowest BCUT2D eigenvalue weighted by Crippen LogP contribution is -2.51. The van der Waals surface area contributed by atoms with Crippen LogP contribution in [-0.4, -0.2) is 65.6 Å². The van der Waals surface area contributed by atoms with E-state index in [0.29, 0.717) is 18.0 Å². The van der Waals surface area contributed by atoms with Crippen molar-refractivity contribution in [1.82, 2.24) is 10.2 Å². The Morgan fingerprint density at radius 1 is 0.810 bits per heavy atom. The maximum absolute atomic E-state index is 14.1. The second-order valence-corrected chi connectivity index (χ2v) is 11.9. The number of ether oxygens (including phenoxy) is 3. The van der Waals surface area contributed by atoms with Crippen molar-refractivity contribution in [2.45, 2.75) is 38.3 Å². The third-order valence-electron chi connectivity index (χ3n) is 6.64. The fourth-order valence-corrected chi connectivity index (χ4v) is 5.61. The summed E-state index contributed by atoms with van der Waals surface area (Å²) in [5.74, 6) is 0.704. The molecule has 3 aromatic carbocycles. The van der Waals surface area contributed by atoms with Gasteiger partial charge in [-0.3, -0.25) is 13.9 Å². The van der Waals surface area contributed by atoms with Crippen LogP contribution in [0.5, 0.6) is 17.2 Å². The van der Waals surface area contributed by atoms with E-state index < -0.39 is 28.5 Å². The lowest BCUT2D eigenvalue weighted by molar-refractivity contribution is -0.139. The maximum Gasteiger partial charge on any atom is 0.264 e. The number of para-hydroxylation sites is 2. The molecule has 11 heteroatoms. The molecule has 0 unspecified atom stereocenters. The largest absolute Gasteiger partial charge is 0.497 e. The molecule has 0 aliphatic heterocycles. The Kier molecular flexibility index (Phi) is 11.2. The summed E-state index contributed by atoms with van der Waals surface area (Å²) in [7, 11) is 0.213. The molecule has 3 rings (SSSR count). The number of carbonyl (C=O) groups is 2. The number of hydrogen-bond donors (Lipinski definition) is 1. The van der Waals surface area contributed by atoms with Crippen molar-refractivity contribution in [3.8, 4) is 17.2 Å². The third kappa shape index (κ3) is 7.94. The SMILES string of the molecule is COc1ccc(CN(C(=O)CN(c2ccccc2OC)S(=O)(=O)c2ccc(OC)cc2)[C@@H](C)C(=O)NCC(C)C)cc1. The summed E-state index contributed by atoms with van der Waals surface area (Å²) >= 11 is 0. The minimum atomic E-state index is -4.26. The molecule has 0 aromatic heterocycles. The van der Waals surface area contributed by atoms with Crippen LogP contribution in [0.2, 0.25) is 0 Å². The van der Waals surface area contributed by atoms with Crippen molar-refractivity contribution in [2.24, 2.45) is 5.92 Å². The normalized spacial score (nSPS) is 11.9. The molecule has 2 amide bonds. The predicted octanol–water partition coefficient (Wildman–Crippen LogP) is 4.10. The smallest absolute Gasteiger partial charge is 0.264 e. The molecule has 0 saturated heterocycles. The lowest BCUT2D eigenvalue weighted by atomic mass is 10.1. The molecule has 3 aromatic rings. The zero-order valence-corrected chi connectivity index (χ0v) is 25.7. The highest BCUT2D eigenvalue weighted by atomic mass is 32.2. The topological polar surface area (TPSA) is 114 Å². The van der Waals surface area contributed by atoms with Gasteiger partial charge < -0.3 is 24.4 Å². The van der Waals surface area contributed by atoms with Gasteiger partial charge >= 0.3 is 0 Å². The Hall–Kier alpha value is -4.25. The Labute approximate surface area is 248 Å². The molecule has 0 fully saturated rings. The number of nitrogens with zero attached hydrogens (tertiary/aromatic N) is 2. The van der Waals surface area contributed by atoms with E-state index in [1.54, 1.807) is 62.6 Å². The van der Waals surface area contributed by atoms with E-state index >= 15 is 0 Å². The second-order valence-electron chi connectivity index (χ2n) is 10.0. The van der Waals surface area contributed by atoms with Crippen LogP contribution < -0.4 is 23.8 Å². The molecule has 42 heavy (non-hydrogen) atoms. The Morgan fingerprint density at radius 2 is 1.38 bits per heavy atom. The van der Waals surface area contributed by atoms with E-state index in [-0.39, 0.29) is 34.7 Å². The molecular formula is C31H39N3O7S. The zero-order valence-electron chi connectivity index (χ0n) is 24.9. The van der Waals surface area contributed by atoms with Crippen molar-refractivity contribution < 1.29 is 32.2 Å². The summed E-state index contributed by atoms with van der Waals surface area (Å²) < 4.78 is 45.0. The number of carbonyl (C=O) groups excluding carboxylic acids is 2. The highest BCUT2D eigenvalue weighted by Crippen LogP contribution is 2.33. The number of anilines is 1. The van der Waals surface area contributed by atoms with Crippen LogP contribution in [0.3, 0.4) is 0 Å². The van der Waals surface area contributed by atoms with Crippen LogP contribution in [0.25, 0.3) is 0 Å². The number of methoxy groups -OCH3 is 3. The minimum absolute atomic E-state index is 0.0357. The van der Waals surface area contributed by atoms with E-state index in [2.05, 4.69) is 5.32 Å². The average Bonchev–Trinajstić information content (AvgIpc) is 3.00. The summed E-state index contributed by atoms with van der Waals surface area (Å²) in [5, 5.41) is 2.87. The van der Waals surface area contributed by atoms with Crippen LogP contribution >= 0.6 is 0 Å². The summed E-state index contributed by atoms with van der Waals surface area (Å²) in [6, 6.07) is 18.7. The van der Waals surface area contributed by atoms with Crippen molar-refractivity contribution in [1.29, 1.82) is 0 Å². The maximum atomic E-state index is 14.1. The Morgan fingerprint density at radius 3 is 1.93 bits per heavy atom. The van der Waals surface area contributed by atoms with E-state index in [4.69, 9.17) is 14.2 Å². The summed E-state index contributed by atoms with van der Waals surface area (Å²) in [5.41, 5.74) is 0.931. The van der Waals surface area contributed by atoms with Crippen molar-refractivity contribution in [3.63, 3.8) is 0 Å². The van der Waals surface area contributed by atoms with Crippen LogP contribution in [0, 0.1) is 5.92 Å². The molecule has 0 bridgehead atoms. The van der Waals surface area contributed by atoms with Crippen LogP contribution in [0.4, 0.5) is 5.69 Å². The number of sulfonamides is 1. The molecule has 0 radical (unpaired) electrons. The molecule has 1 atom stereocenters. The highest BCUT2D eigenvalue weighted by Gasteiger charge is 2.33. The van der Waals surface area contributed by atoms with Crippen LogP contribution in [-0.2, 0) is 26.2 Å². The fourth-order valence-electron chi connectivity index (χ4n) is 4.19. The number of nitrogens with one attached hydrogen (secondary N) is 1. The standard InChI is InChI=1S/C31H39N3O7S/c1-22(2)19-32-31(36)23(3)33(20-24-11-13-25(39-4)14-12-24)30(35)21-34(28-9-7-8-10-29(28)41-6)42(37,38)27-17-15-26(40-5)16-18-27/h7-18,22-23H,19-21H2,1-6H3,(H,32,36)/t23-/m0/s1. The monoisotopic (exact) mass is 597 g/mol. The van der Waals surface area contributed by atoms with Gasteiger partial charge in [0.25, 0.3) is 10.0 Å². The first-order valence-electron chi connectivity index (χ1n) is 13.5. The highest BCUT2D eigenvalue weighted by molar-refractivity contribution is 7.92. The van der Waals surface area contributed by atoms with Gasteiger partial charge in [0, 0.05) is 13.1 Å². The Bertz CT molecular complexity index is 1440. The average molecular weight is 598 g/mol. The van der Waals surface area contributed by atoms with Crippen molar-refractivity contribution in [2.75, 3.05) is 38.7 Å². The van der Waals surface area contributed by atoms with Gasteiger partial charge in [-0.2, -0.15) is 0 Å². The summed E-state index contributed by atoms with van der Waals surface area (Å²) in [6.07, 6.45) is 0. The lowest BCUT2D eigenvalue weighted by Gasteiger charge is -2.32. The Balaban J connectivity index is 2.04. The number of amides is 2. The van der Waals surface area contributed by atoms with Gasteiger partial charge in [-0.05, 0) is 66.9 Å². The fraction of sp³-hybridized carbons (Fsp3) is 0.355. The number of rotatable bonds is 14. The number of hydrogen-bond acceptors (Lipinski definition) is 7.